The highest BCUT2D eigenvalue weighted by atomic mass is 16.5. The van der Waals surface area contributed by atoms with E-state index < -0.39 is 0 Å². The second kappa shape index (κ2) is 14.9. The Balaban J connectivity index is 0.911. The Hall–Kier alpha value is -8.80. The van der Waals surface area contributed by atoms with Crippen LogP contribution in [0.1, 0.15) is 0 Å². The Labute approximate surface area is 376 Å². The largest absolute Gasteiger partial charge is 0.453 e. The van der Waals surface area contributed by atoms with Crippen LogP contribution in [0.4, 0.5) is 34.1 Å². The van der Waals surface area contributed by atoms with Crippen molar-refractivity contribution in [3.8, 4) is 62.1 Å². The van der Waals surface area contributed by atoms with Crippen LogP contribution in [0.5, 0.6) is 23.0 Å². The van der Waals surface area contributed by atoms with Crippen molar-refractivity contribution in [3.05, 3.63) is 237 Å². The lowest BCUT2D eigenvalue weighted by molar-refractivity contribution is 0.477. The average Bonchev–Trinajstić information content (AvgIpc) is 3.71. The summed E-state index contributed by atoms with van der Waals surface area (Å²) in [5.41, 5.74) is 16.5. The van der Waals surface area contributed by atoms with Crippen LogP contribution in [0.3, 0.4) is 0 Å². The van der Waals surface area contributed by atoms with Crippen molar-refractivity contribution in [2.75, 3.05) is 9.80 Å². The molecule has 10 aromatic carbocycles. The van der Waals surface area contributed by atoms with Gasteiger partial charge in [0.2, 0.25) is 0 Å². The summed E-state index contributed by atoms with van der Waals surface area (Å²) < 4.78 is 15.0. The predicted octanol–water partition coefficient (Wildman–Crippen LogP) is 16.9. The second-order valence-electron chi connectivity index (χ2n) is 16.6. The highest BCUT2D eigenvalue weighted by Gasteiger charge is 2.27. The molecule has 11 aromatic rings. The van der Waals surface area contributed by atoms with E-state index >= 15 is 0 Å². The summed E-state index contributed by atoms with van der Waals surface area (Å²) in [6.07, 6.45) is 0. The molecule has 0 saturated carbocycles. The zero-order valence-electron chi connectivity index (χ0n) is 35.2. The Morgan fingerprint density at radius 1 is 0.246 bits per heavy atom. The normalized spacial score (nSPS) is 12.5. The van der Waals surface area contributed by atoms with E-state index in [4.69, 9.17) is 9.47 Å². The third-order valence-electron chi connectivity index (χ3n) is 12.8. The van der Waals surface area contributed by atoms with Crippen molar-refractivity contribution in [3.63, 3.8) is 0 Å². The summed E-state index contributed by atoms with van der Waals surface area (Å²) in [5.74, 6) is 3.35. The van der Waals surface area contributed by atoms with E-state index in [1.54, 1.807) is 0 Å². The maximum atomic E-state index is 6.32. The van der Waals surface area contributed by atoms with Crippen LogP contribution >= 0.6 is 0 Å². The molecular formula is C60H39N3O2. The van der Waals surface area contributed by atoms with E-state index in [9.17, 15) is 0 Å². The number of nitrogens with zero attached hydrogens (tertiary/aromatic N) is 3. The standard InChI is InChI=1S/C60H39N3O2/c1-3-15-51-49(13-1)50-14-2-4-16-52(50)61(51)46-31-25-40(26-32-46)43-37-44(41-27-33-47(34-28-41)62-53-17-5-9-21-57(53)64-58-22-10-6-18-54(58)62)39-45(38-43)42-29-35-48(36-30-42)63-55-19-7-11-23-59(55)65-60-24-12-8-20-56(60)63/h1-39H. The first-order chi connectivity index (χ1) is 32.2. The lowest BCUT2D eigenvalue weighted by atomic mass is 9.93. The number of hydrogen-bond donors (Lipinski definition) is 0. The van der Waals surface area contributed by atoms with Gasteiger partial charge < -0.3 is 23.8 Å². The molecule has 0 fully saturated rings. The minimum Gasteiger partial charge on any atom is -0.453 e. The number of aromatic nitrogens is 1. The van der Waals surface area contributed by atoms with Gasteiger partial charge in [-0.25, -0.2) is 0 Å². The number of rotatable bonds is 6. The maximum absolute atomic E-state index is 6.32. The molecule has 3 heterocycles. The molecule has 13 rings (SSSR count). The molecule has 0 radical (unpaired) electrons. The van der Waals surface area contributed by atoms with Crippen LogP contribution in [0, 0.1) is 0 Å². The molecule has 306 valence electrons. The molecule has 5 heteroatoms. The van der Waals surface area contributed by atoms with Gasteiger partial charge in [0, 0.05) is 27.8 Å². The summed E-state index contributed by atoms with van der Waals surface area (Å²) >= 11 is 0. The molecule has 0 unspecified atom stereocenters. The highest BCUT2D eigenvalue weighted by molar-refractivity contribution is 6.09. The minimum absolute atomic E-state index is 0.838. The topological polar surface area (TPSA) is 29.9 Å². The third-order valence-corrected chi connectivity index (χ3v) is 12.8. The third kappa shape index (κ3) is 6.16. The fourth-order valence-corrected chi connectivity index (χ4v) is 9.70. The van der Waals surface area contributed by atoms with Crippen LogP contribution in [0.15, 0.2) is 237 Å². The molecule has 5 nitrogen and oxygen atoms in total. The average molecular weight is 834 g/mol. The smallest absolute Gasteiger partial charge is 0.151 e. The molecule has 0 aliphatic carbocycles. The van der Waals surface area contributed by atoms with Crippen molar-refractivity contribution in [2.45, 2.75) is 0 Å². The zero-order chi connectivity index (χ0) is 42.8. The first-order valence-electron chi connectivity index (χ1n) is 22.0. The molecule has 2 aliphatic heterocycles. The van der Waals surface area contributed by atoms with E-state index in [2.05, 4.69) is 202 Å². The first kappa shape index (κ1) is 36.8. The van der Waals surface area contributed by atoms with Gasteiger partial charge in [-0.3, -0.25) is 0 Å². The molecule has 2 aliphatic rings. The van der Waals surface area contributed by atoms with E-state index in [-0.39, 0.29) is 0 Å². The van der Waals surface area contributed by atoms with Gasteiger partial charge in [0.25, 0.3) is 0 Å². The molecule has 1 aromatic heterocycles. The van der Waals surface area contributed by atoms with E-state index in [1.807, 2.05) is 48.5 Å². The Morgan fingerprint density at radius 2 is 0.538 bits per heavy atom. The lowest BCUT2D eigenvalue weighted by Gasteiger charge is -2.32. The van der Waals surface area contributed by atoms with Gasteiger partial charge in [-0.05, 0) is 149 Å². The van der Waals surface area contributed by atoms with E-state index in [1.165, 1.54) is 21.8 Å². The number of hydrogen-bond acceptors (Lipinski definition) is 4. The molecular weight excluding hydrogens is 795 g/mol. The highest BCUT2D eigenvalue weighted by Crippen LogP contribution is 2.52. The van der Waals surface area contributed by atoms with Crippen LogP contribution in [0.2, 0.25) is 0 Å². The summed E-state index contributed by atoms with van der Waals surface area (Å²) in [5, 5.41) is 2.51. The molecule has 0 saturated heterocycles. The van der Waals surface area contributed by atoms with Crippen molar-refractivity contribution < 1.29 is 9.47 Å². The number of anilines is 6. The Morgan fingerprint density at radius 3 is 0.892 bits per heavy atom. The SMILES string of the molecule is c1ccc2c(c1)Oc1ccccc1N2c1ccc(-c2cc(-c3ccc(N4c5ccccc5Oc5ccccc54)cc3)cc(-c3ccc(-n4c5ccccc5c5ccccc54)cc3)c2)cc1. The van der Waals surface area contributed by atoms with Crippen LogP contribution in [0.25, 0.3) is 60.9 Å². The van der Waals surface area contributed by atoms with Crippen molar-refractivity contribution >= 4 is 55.9 Å². The molecule has 0 bridgehead atoms. The van der Waals surface area contributed by atoms with Gasteiger partial charge in [-0.15, -0.1) is 0 Å². The number of ether oxygens (including phenoxy) is 2. The molecule has 0 spiro atoms. The van der Waals surface area contributed by atoms with Gasteiger partial charge in [-0.2, -0.15) is 0 Å². The van der Waals surface area contributed by atoms with E-state index in [0.29, 0.717) is 0 Å². The fraction of sp³-hybridized carbons (Fsp3) is 0. The second-order valence-corrected chi connectivity index (χ2v) is 16.6. The lowest BCUT2D eigenvalue weighted by Crippen LogP contribution is -2.15. The Bertz CT molecular complexity index is 3310. The first-order valence-corrected chi connectivity index (χ1v) is 22.0. The zero-order valence-corrected chi connectivity index (χ0v) is 35.2. The van der Waals surface area contributed by atoms with Crippen molar-refractivity contribution in [2.24, 2.45) is 0 Å². The van der Waals surface area contributed by atoms with Gasteiger partial charge in [0.15, 0.2) is 23.0 Å². The predicted molar refractivity (Wildman–Crippen MR) is 267 cm³/mol. The van der Waals surface area contributed by atoms with Crippen LogP contribution in [-0.4, -0.2) is 4.57 Å². The molecule has 65 heavy (non-hydrogen) atoms. The fourth-order valence-electron chi connectivity index (χ4n) is 9.70. The van der Waals surface area contributed by atoms with Gasteiger partial charge in [0.05, 0.1) is 33.8 Å². The maximum Gasteiger partial charge on any atom is 0.151 e. The summed E-state index contributed by atoms with van der Waals surface area (Å²) in [4.78, 5) is 4.57. The molecule has 0 N–H and O–H groups in total. The Kier molecular flexibility index (Phi) is 8.46. The summed E-state index contributed by atoms with van der Waals surface area (Å²) in [6, 6.07) is 84.0. The summed E-state index contributed by atoms with van der Waals surface area (Å²) in [7, 11) is 0. The van der Waals surface area contributed by atoms with E-state index in [0.717, 1.165) is 96.2 Å². The number of fused-ring (bicyclic) bond motifs is 7. The van der Waals surface area contributed by atoms with Crippen LogP contribution < -0.4 is 19.3 Å². The summed E-state index contributed by atoms with van der Waals surface area (Å²) in [6.45, 7) is 0. The van der Waals surface area contributed by atoms with Gasteiger partial charge >= 0.3 is 0 Å². The molecule has 0 atom stereocenters. The van der Waals surface area contributed by atoms with Crippen LogP contribution in [-0.2, 0) is 0 Å². The molecule has 0 amide bonds. The van der Waals surface area contributed by atoms with Crippen molar-refractivity contribution in [1.29, 1.82) is 0 Å². The number of para-hydroxylation sites is 10. The van der Waals surface area contributed by atoms with Gasteiger partial charge in [0.1, 0.15) is 0 Å². The minimum atomic E-state index is 0.838. The number of benzene rings is 10. The van der Waals surface area contributed by atoms with Crippen molar-refractivity contribution in [1.82, 2.24) is 4.57 Å². The van der Waals surface area contributed by atoms with Gasteiger partial charge in [-0.1, -0.05) is 121 Å². The quantitative estimate of drug-likeness (QED) is 0.167. The monoisotopic (exact) mass is 833 g/mol.